The van der Waals surface area contributed by atoms with Crippen LogP contribution in [0.2, 0.25) is 0 Å². The largest absolute Gasteiger partial charge is 0.461 e. The molecule has 0 saturated carbocycles. The third-order valence-corrected chi connectivity index (χ3v) is 4.59. The summed E-state index contributed by atoms with van der Waals surface area (Å²) in [5, 5.41) is 5.02. The number of carbonyl (C=O) groups is 1. The van der Waals surface area contributed by atoms with E-state index in [1.54, 1.807) is 24.5 Å². The first-order valence-corrected chi connectivity index (χ1v) is 8.46. The van der Waals surface area contributed by atoms with Gasteiger partial charge in [0.1, 0.15) is 11.3 Å². The third-order valence-electron chi connectivity index (χ3n) is 3.63. The van der Waals surface area contributed by atoms with Gasteiger partial charge in [0.2, 0.25) is 11.8 Å². The number of carbonyl (C=O) groups excluding carboxylic acids is 1. The molecule has 0 fully saturated rings. The van der Waals surface area contributed by atoms with Crippen LogP contribution in [0.1, 0.15) is 15.9 Å². The van der Waals surface area contributed by atoms with E-state index in [-0.39, 0.29) is 5.95 Å². The highest BCUT2D eigenvalue weighted by Gasteiger charge is 2.13. The number of anilines is 1. The maximum absolute atomic E-state index is 11.1. The number of nitrogens with two attached hydrogens (primary N) is 1. The zero-order valence-electron chi connectivity index (χ0n) is 13.0. The summed E-state index contributed by atoms with van der Waals surface area (Å²) in [6.45, 7) is 0. The van der Waals surface area contributed by atoms with Gasteiger partial charge in [0.25, 0.3) is 0 Å². The van der Waals surface area contributed by atoms with Crippen LogP contribution >= 0.6 is 11.8 Å². The lowest BCUT2D eigenvalue weighted by molar-refractivity contribution is 0.112. The van der Waals surface area contributed by atoms with E-state index in [0.29, 0.717) is 33.6 Å². The van der Waals surface area contributed by atoms with Crippen molar-refractivity contribution < 1.29 is 9.21 Å². The van der Waals surface area contributed by atoms with Crippen LogP contribution in [0.3, 0.4) is 0 Å². The second-order valence-electron chi connectivity index (χ2n) is 5.24. The number of furan rings is 1. The zero-order chi connectivity index (χ0) is 17.2. The van der Waals surface area contributed by atoms with Crippen LogP contribution in [0.5, 0.6) is 0 Å². The van der Waals surface area contributed by atoms with Crippen LogP contribution in [0.25, 0.3) is 17.2 Å². The van der Waals surface area contributed by atoms with Gasteiger partial charge in [0.15, 0.2) is 11.4 Å². The first-order valence-electron chi connectivity index (χ1n) is 7.47. The molecule has 3 heterocycles. The molecule has 4 rings (SSSR count). The number of hydrogen-bond acceptors (Lipinski definition) is 7. The molecule has 0 aliphatic rings. The lowest BCUT2D eigenvalue weighted by atomic mass is 10.1. The van der Waals surface area contributed by atoms with E-state index < -0.39 is 0 Å². The number of aromatic nitrogens is 4. The molecule has 0 unspecified atom stereocenters. The van der Waals surface area contributed by atoms with Crippen molar-refractivity contribution in [3.05, 3.63) is 59.9 Å². The van der Waals surface area contributed by atoms with Crippen molar-refractivity contribution in [2.45, 2.75) is 10.8 Å². The van der Waals surface area contributed by atoms with E-state index in [2.05, 4.69) is 15.1 Å². The Balaban J connectivity index is 1.63. The predicted octanol–water partition coefficient (Wildman–Crippen LogP) is 3.07. The topological polar surface area (TPSA) is 99.3 Å². The quantitative estimate of drug-likeness (QED) is 0.335. The second kappa shape index (κ2) is 6.40. The summed E-state index contributed by atoms with van der Waals surface area (Å²) in [5.41, 5.74) is 8.20. The Morgan fingerprint density at radius 1 is 1.20 bits per heavy atom. The molecule has 3 aromatic heterocycles. The fraction of sp³-hybridized carbons (Fsp3) is 0.0588. The van der Waals surface area contributed by atoms with Crippen molar-refractivity contribution in [1.29, 1.82) is 0 Å². The summed E-state index contributed by atoms with van der Waals surface area (Å²) in [4.78, 5) is 19.9. The van der Waals surface area contributed by atoms with Gasteiger partial charge in [-0.3, -0.25) is 4.79 Å². The minimum Gasteiger partial charge on any atom is -0.461 e. The molecule has 0 atom stereocenters. The molecule has 124 valence electrons. The third kappa shape index (κ3) is 2.99. The highest BCUT2D eigenvalue weighted by Crippen LogP contribution is 2.25. The molecule has 2 N–H and O–H groups in total. The molecule has 25 heavy (non-hydrogen) atoms. The zero-order valence-corrected chi connectivity index (χ0v) is 13.8. The summed E-state index contributed by atoms with van der Waals surface area (Å²) in [7, 11) is 0. The van der Waals surface area contributed by atoms with Crippen LogP contribution in [-0.2, 0) is 5.75 Å². The molecule has 1 aromatic carbocycles. The highest BCUT2D eigenvalue weighted by molar-refractivity contribution is 7.98. The van der Waals surface area contributed by atoms with Gasteiger partial charge in [-0.1, -0.05) is 24.3 Å². The SMILES string of the molecule is Nc1nc(SCc2ccccc2C=O)cc2nc(-c3ccco3)nn12. The number of thioether (sulfide) groups is 1. The Kier molecular flexibility index (Phi) is 3.95. The summed E-state index contributed by atoms with van der Waals surface area (Å²) in [6, 6.07) is 12.8. The van der Waals surface area contributed by atoms with E-state index in [0.717, 1.165) is 11.8 Å². The fourth-order valence-electron chi connectivity index (χ4n) is 2.41. The Morgan fingerprint density at radius 2 is 2.08 bits per heavy atom. The van der Waals surface area contributed by atoms with Crippen LogP contribution < -0.4 is 5.73 Å². The molecule has 0 aliphatic carbocycles. The molecule has 0 aliphatic heterocycles. The van der Waals surface area contributed by atoms with Gasteiger partial charge < -0.3 is 10.2 Å². The molecule has 0 spiro atoms. The number of hydrogen-bond donors (Lipinski definition) is 1. The molecule has 0 radical (unpaired) electrons. The second-order valence-corrected chi connectivity index (χ2v) is 6.24. The van der Waals surface area contributed by atoms with Crippen LogP contribution in [0, 0.1) is 0 Å². The van der Waals surface area contributed by atoms with E-state index in [4.69, 9.17) is 10.2 Å². The summed E-state index contributed by atoms with van der Waals surface area (Å²) in [6.07, 6.45) is 2.42. The first-order chi connectivity index (χ1) is 12.2. The predicted molar refractivity (Wildman–Crippen MR) is 94.3 cm³/mol. The molecule has 0 saturated heterocycles. The summed E-state index contributed by atoms with van der Waals surface area (Å²) >= 11 is 1.48. The number of nitrogen functional groups attached to an aromatic ring is 1. The normalized spacial score (nSPS) is 11.0. The van der Waals surface area contributed by atoms with Gasteiger partial charge in [-0.2, -0.15) is 4.52 Å². The number of benzene rings is 1. The molecule has 7 nitrogen and oxygen atoms in total. The van der Waals surface area contributed by atoms with Crippen LogP contribution in [-0.4, -0.2) is 25.9 Å². The molecule has 0 amide bonds. The maximum Gasteiger partial charge on any atom is 0.224 e. The minimum absolute atomic E-state index is 0.244. The number of aldehydes is 1. The lowest BCUT2D eigenvalue weighted by Crippen LogP contribution is -2.02. The van der Waals surface area contributed by atoms with E-state index in [9.17, 15) is 4.79 Å². The van der Waals surface area contributed by atoms with Gasteiger partial charge in [-0.25, -0.2) is 9.97 Å². The van der Waals surface area contributed by atoms with Crippen molar-refractivity contribution in [3.63, 3.8) is 0 Å². The minimum atomic E-state index is 0.244. The van der Waals surface area contributed by atoms with E-state index >= 15 is 0 Å². The van der Waals surface area contributed by atoms with Gasteiger partial charge in [0, 0.05) is 17.4 Å². The number of nitrogens with zero attached hydrogens (tertiary/aromatic N) is 4. The van der Waals surface area contributed by atoms with Crippen molar-refractivity contribution in [1.82, 2.24) is 19.6 Å². The molecule has 4 aromatic rings. The maximum atomic E-state index is 11.1. The van der Waals surface area contributed by atoms with Crippen LogP contribution in [0.4, 0.5) is 5.95 Å². The summed E-state index contributed by atoms with van der Waals surface area (Å²) in [5.74, 6) is 1.87. The van der Waals surface area contributed by atoms with Crippen molar-refractivity contribution in [2.75, 3.05) is 5.73 Å². The number of rotatable bonds is 5. The Hall–Kier alpha value is -3.13. The van der Waals surface area contributed by atoms with E-state index in [1.807, 2.05) is 24.3 Å². The molecular weight excluding hydrogens is 338 g/mol. The smallest absolute Gasteiger partial charge is 0.224 e. The Bertz CT molecular complexity index is 1040. The van der Waals surface area contributed by atoms with Gasteiger partial charge in [-0.05, 0) is 17.7 Å². The lowest BCUT2D eigenvalue weighted by Gasteiger charge is -2.05. The van der Waals surface area contributed by atoms with Gasteiger partial charge in [0.05, 0.1) is 6.26 Å². The van der Waals surface area contributed by atoms with Crippen molar-refractivity contribution in [2.24, 2.45) is 0 Å². The Morgan fingerprint density at radius 3 is 2.88 bits per heavy atom. The van der Waals surface area contributed by atoms with Crippen molar-refractivity contribution >= 4 is 29.6 Å². The standard InChI is InChI=1S/C17H13N5O2S/c18-17-20-15(25-10-12-5-2-1-4-11(12)9-23)8-14-19-16(21-22(14)17)13-6-3-7-24-13/h1-9H,10H2,(H2,18,20). The van der Waals surface area contributed by atoms with Crippen molar-refractivity contribution in [3.8, 4) is 11.6 Å². The number of fused-ring (bicyclic) bond motifs is 1. The fourth-order valence-corrected chi connectivity index (χ4v) is 3.32. The molecule has 8 heteroatoms. The molecule has 0 bridgehead atoms. The average molecular weight is 351 g/mol. The molecular formula is C17H13N5O2S. The van der Waals surface area contributed by atoms with Crippen LogP contribution in [0.15, 0.2) is 58.2 Å². The Labute approximate surface area is 146 Å². The highest BCUT2D eigenvalue weighted by atomic mass is 32.2. The van der Waals surface area contributed by atoms with E-state index in [1.165, 1.54) is 16.3 Å². The van der Waals surface area contributed by atoms with Gasteiger partial charge >= 0.3 is 0 Å². The monoisotopic (exact) mass is 351 g/mol. The average Bonchev–Trinajstić information content (AvgIpc) is 3.29. The summed E-state index contributed by atoms with van der Waals surface area (Å²) < 4.78 is 6.79. The first kappa shape index (κ1) is 15.4. The van der Waals surface area contributed by atoms with Gasteiger partial charge in [-0.15, -0.1) is 16.9 Å².